The van der Waals surface area contributed by atoms with Crippen molar-refractivity contribution in [2.45, 2.75) is 38.5 Å². The van der Waals surface area contributed by atoms with Gasteiger partial charge >= 0.3 is 0 Å². The van der Waals surface area contributed by atoms with Crippen LogP contribution >= 0.6 is 11.6 Å². The smallest absolute Gasteiger partial charge is 0.0450 e. The van der Waals surface area contributed by atoms with Crippen LogP contribution in [-0.2, 0) is 0 Å². The third-order valence-electron chi connectivity index (χ3n) is 3.61. The van der Waals surface area contributed by atoms with Gasteiger partial charge in [0.2, 0.25) is 0 Å². The molecule has 0 radical (unpaired) electrons. The van der Waals surface area contributed by atoms with Crippen LogP contribution in [0.25, 0.3) is 0 Å². The number of hydrogen-bond acceptors (Lipinski definition) is 1. The van der Waals surface area contributed by atoms with E-state index in [1.54, 1.807) is 0 Å². The summed E-state index contributed by atoms with van der Waals surface area (Å²) in [4.78, 5) is 4.37. The molecule has 2 heteroatoms. The van der Waals surface area contributed by atoms with Crippen molar-refractivity contribution < 1.29 is 0 Å². The lowest BCUT2D eigenvalue weighted by Gasteiger charge is -2.18. The zero-order chi connectivity index (χ0) is 11.1. The summed E-state index contributed by atoms with van der Waals surface area (Å²) < 4.78 is 0. The molecule has 1 heterocycles. The first-order chi connectivity index (χ1) is 7.02. The molecular weight excluding hydrogens is 206 g/mol. The first-order valence-corrected chi connectivity index (χ1v) is 6.01. The lowest BCUT2D eigenvalue weighted by Crippen LogP contribution is -2.15. The Hall–Kier alpha value is -0.560. The van der Waals surface area contributed by atoms with Gasteiger partial charge in [-0.25, -0.2) is 0 Å². The molecule has 0 N–H and O–H groups in total. The molecule has 1 saturated carbocycles. The average molecular weight is 224 g/mol. The van der Waals surface area contributed by atoms with Crippen LogP contribution in [0, 0.1) is 11.3 Å². The molecule has 1 nitrogen and oxygen atoms in total. The van der Waals surface area contributed by atoms with Crippen molar-refractivity contribution in [2.75, 3.05) is 0 Å². The Bertz CT molecular complexity index is 334. The number of aromatic nitrogens is 1. The normalized spacial score (nSPS) is 27.1. The first kappa shape index (κ1) is 10.9. The molecule has 1 fully saturated rings. The molecule has 82 valence electrons. The summed E-state index contributed by atoms with van der Waals surface area (Å²) in [5.41, 5.74) is 1.55. The molecule has 3 unspecified atom stereocenters. The van der Waals surface area contributed by atoms with Crippen LogP contribution in [-0.4, -0.2) is 10.4 Å². The SMILES string of the molecule is CC(c1ccccn1)C(Cl)C1CC1(C)C. The fourth-order valence-electron chi connectivity index (χ4n) is 2.21. The summed E-state index contributed by atoms with van der Waals surface area (Å²) in [6.07, 6.45) is 3.09. The van der Waals surface area contributed by atoms with Gasteiger partial charge in [0.05, 0.1) is 0 Å². The Kier molecular flexibility index (Phi) is 2.76. The van der Waals surface area contributed by atoms with Gasteiger partial charge in [-0.1, -0.05) is 26.8 Å². The first-order valence-electron chi connectivity index (χ1n) is 5.57. The number of hydrogen-bond donors (Lipinski definition) is 0. The standard InChI is InChI=1S/C13H18ClN/c1-9(11-6-4-5-7-15-11)12(14)10-8-13(10,2)3/h4-7,9-10,12H,8H2,1-3H3. The Morgan fingerprint density at radius 2 is 2.13 bits per heavy atom. The second-order valence-corrected chi connectivity index (χ2v) is 5.79. The number of alkyl halides is 1. The maximum Gasteiger partial charge on any atom is 0.0450 e. The van der Waals surface area contributed by atoms with Gasteiger partial charge in [0.25, 0.3) is 0 Å². The molecule has 1 aromatic heterocycles. The van der Waals surface area contributed by atoms with E-state index in [0.717, 1.165) is 5.69 Å². The van der Waals surface area contributed by atoms with Gasteiger partial charge in [0, 0.05) is 23.2 Å². The van der Waals surface area contributed by atoms with E-state index in [2.05, 4.69) is 31.8 Å². The van der Waals surface area contributed by atoms with Crippen molar-refractivity contribution >= 4 is 11.6 Å². The van der Waals surface area contributed by atoms with E-state index in [9.17, 15) is 0 Å². The highest BCUT2D eigenvalue weighted by molar-refractivity contribution is 6.21. The summed E-state index contributed by atoms with van der Waals surface area (Å²) in [5, 5.41) is 0.217. The van der Waals surface area contributed by atoms with E-state index in [0.29, 0.717) is 17.3 Å². The molecule has 0 aromatic carbocycles. The molecule has 1 aromatic rings. The van der Waals surface area contributed by atoms with Gasteiger partial charge in [-0.2, -0.15) is 0 Å². The Balaban J connectivity index is 2.06. The molecule has 0 aliphatic heterocycles. The van der Waals surface area contributed by atoms with E-state index in [-0.39, 0.29) is 5.38 Å². The maximum absolute atomic E-state index is 6.51. The van der Waals surface area contributed by atoms with E-state index in [1.165, 1.54) is 6.42 Å². The zero-order valence-electron chi connectivity index (χ0n) is 9.57. The highest BCUT2D eigenvalue weighted by Crippen LogP contribution is 2.57. The van der Waals surface area contributed by atoms with E-state index < -0.39 is 0 Å². The predicted octanol–water partition coefficient (Wildman–Crippen LogP) is 3.84. The summed E-state index contributed by atoms with van der Waals surface area (Å²) in [5.74, 6) is 0.996. The molecule has 2 rings (SSSR count). The van der Waals surface area contributed by atoms with Gasteiger partial charge in [0.15, 0.2) is 0 Å². The fourth-order valence-corrected chi connectivity index (χ4v) is 2.77. The van der Waals surface area contributed by atoms with Crippen molar-refractivity contribution in [3.63, 3.8) is 0 Å². The third-order valence-corrected chi connectivity index (χ3v) is 4.29. The molecule has 1 aliphatic rings. The van der Waals surface area contributed by atoms with Crippen molar-refractivity contribution in [2.24, 2.45) is 11.3 Å². The van der Waals surface area contributed by atoms with Gasteiger partial charge < -0.3 is 0 Å². The topological polar surface area (TPSA) is 12.9 Å². The van der Waals surface area contributed by atoms with E-state index in [1.807, 2.05) is 18.3 Å². The molecule has 0 spiro atoms. The van der Waals surface area contributed by atoms with Crippen molar-refractivity contribution in [1.82, 2.24) is 4.98 Å². The van der Waals surface area contributed by atoms with Gasteiger partial charge in [-0.15, -0.1) is 11.6 Å². The van der Waals surface area contributed by atoms with Crippen LogP contribution in [0.3, 0.4) is 0 Å². The van der Waals surface area contributed by atoms with Crippen molar-refractivity contribution in [3.05, 3.63) is 30.1 Å². The molecule has 15 heavy (non-hydrogen) atoms. The number of pyridine rings is 1. The maximum atomic E-state index is 6.51. The third kappa shape index (κ3) is 2.17. The lowest BCUT2D eigenvalue weighted by molar-refractivity contribution is 0.502. The van der Waals surface area contributed by atoms with Crippen molar-refractivity contribution in [3.8, 4) is 0 Å². The Morgan fingerprint density at radius 1 is 1.47 bits per heavy atom. The van der Waals surface area contributed by atoms with E-state index in [4.69, 9.17) is 11.6 Å². The van der Waals surface area contributed by atoms with Gasteiger partial charge in [-0.05, 0) is 29.9 Å². The van der Waals surface area contributed by atoms with Crippen LogP contribution in [0.4, 0.5) is 0 Å². The van der Waals surface area contributed by atoms with Crippen LogP contribution in [0.1, 0.15) is 38.8 Å². The largest absolute Gasteiger partial charge is 0.261 e. The fraction of sp³-hybridized carbons (Fsp3) is 0.615. The number of halogens is 1. The van der Waals surface area contributed by atoms with Crippen LogP contribution in [0.5, 0.6) is 0 Å². The minimum atomic E-state index is 0.217. The van der Waals surface area contributed by atoms with Crippen LogP contribution < -0.4 is 0 Å². The number of rotatable bonds is 3. The van der Waals surface area contributed by atoms with Gasteiger partial charge in [-0.3, -0.25) is 4.98 Å². The van der Waals surface area contributed by atoms with E-state index >= 15 is 0 Å². The highest BCUT2D eigenvalue weighted by Gasteiger charge is 2.51. The van der Waals surface area contributed by atoms with Gasteiger partial charge in [0.1, 0.15) is 0 Å². The predicted molar refractivity (Wildman–Crippen MR) is 64.2 cm³/mol. The second-order valence-electron chi connectivity index (χ2n) is 5.29. The van der Waals surface area contributed by atoms with Crippen molar-refractivity contribution in [1.29, 1.82) is 0 Å². The Morgan fingerprint density at radius 3 is 2.60 bits per heavy atom. The van der Waals surface area contributed by atoms with Crippen LogP contribution in [0.15, 0.2) is 24.4 Å². The summed E-state index contributed by atoms with van der Waals surface area (Å²) in [6, 6.07) is 6.04. The highest BCUT2D eigenvalue weighted by atomic mass is 35.5. The zero-order valence-corrected chi connectivity index (χ0v) is 10.3. The van der Waals surface area contributed by atoms with Crippen LogP contribution in [0.2, 0.25) is 0 Å². The molecule has 0 amide bonds. The molecular formula is C13H18ClN. The molecule has 3 atom stereocenters. The average Bonchev–Trinajstić information content (AvgIpc) is 2.87. The Labute approximate surface area is 96.9 Å². The minimum Gasteiger partial charge on any atom is -0.261 e. The second kappa shape index (κ2) is 3.79. The quantitative estimate of drug-likeness (QED) is 0.710. The molecule has 0 bridgehead atoms. The monoisotopic (exact) mass is 223 g/mol. The molecule has 1 aliphatic carbocycles. The lowest BCUT2D eigenvalue weighted by atomic mass is 9.96. The molecule has 0 saturated heterocycles. The summed E-state index contributed by atoms with van der Waals surface area (Å²) in [6.45, 7) is 6.75. The minimum absolute atomic E-state index is 0.217. The summed E-state index contributed by atoms with van der Waals surface area (Å²) in [7, 11) is 0. The summed E-state index contributed by atoms with van der Waals surface area (Å²) >= 11 is 6.51. The number of nitrogens with zero attached hydrogens (tertiary/aromatic N) is 1.